The smallest absolute Gasteiger partial charge is 0.0495 e. The molecule has 90 valence electrons. The minimum absolute atomic E-state index is 0.517. The highest BCUT2D eigenvalue weighted by molar-refractivity contribution is 7.10. The summed E-state index contributed by atoms with van der Waals surface area (Å²) in [6.45, 7) is 7.33. The highest BCUT2D eigenvalue weighted by Crippen LogP contribution is 2.30. The Balaban J connectivity index is 2.01. The Morgan fingerprint density at radius 3 is 3.06 bits per heavy atom. The van der Waals surface area contributed by atoms with Crippen LogP contribution in [0.15, 0.2) is 11.4 Å². The number of rotatable bonds is 5. The van der Waals surface area contributed by atoms with Crippen LogP contribution in [0.5, 0.6) is 0 Å². The molecule has 0 bridgehead atoms. The predicted octanol–water partition coefficient (Wildman–Crippen LogP) is 3.13. The molecular weight excluding hydrogens is 218 g/mol. The molecule has 0 aromatic carbocycles. The Labute approximate surface area is 102 Å². The van der Waals surface area contributed by atoms with E-state index < -0.39 is 0 Å². The molecule has 1 aliphatic heterocycles. The second-order valence-electron chi connectivity index (χ2n) is 4.51. The summed E-state index contributed by atoms with van der Waals surface area (Å²) in [5, 5.41) is 5.80. The molecule has 16 heavy (non-hydrogen) atoms. The van der Waals surface area contributed by atoms with Gasteiger partial charge in [0.15, 0.2) is 0 Å². The second kappa shape index (κ2) is 5.80. The van der Waals surface area contributed by atoms with Gasteiger partial charge < -0.3 is 10.1 Å². The fourth-order valence-electron chi connectivity index (χ4n) is 2.43. The van der Waals surface area contributed by atoms with E-state index >= 15 is 0 Å². The molecular formula is C13H21NOS. The van der Waals surface area contributed by atoms with Crippen LogP contribution in [0.3, 0.4) is 0 Å². The van der Waals surface area contributed by atoms with Crippen LogP contribution in [0.2, 0.25) is 0 Å². The summed E-state index contributed by atoms with van der Waals surface area (Å²) in [5.74, 6) is 0.739. The fourth-order valence-corrected chi connectivity index (χ4v) is 3.19. The van der Waals surface area contributed by atoms with Crippen LogP contribution < -0.4 is 5.32 Å². The lowest BCUT2D eigenvalue weighted by Gasteiger charge is -2.21. The molecule has 0 aliphatic carbocycles. The number of thiophene rings is 1. The van der Waals surface area contributed by atoms with Crippen molar-refractivity contribution in [2.45, 2.75) is 32.7 Å². The van der Waals surface area contributed by atoms with Gasteiger partial charge in [0.05, 0.1) is 0 Å². The third-order valence-electron chi connectivity index (χ3n) is 3.32. The van der Waals surface area contributed by atoms with Crippen molar-refractivity contribution < 1.29 is 4.74 Å². The van der Waals surface area contributed by atoms with Crippen molar-refractivity contribution in [3.63, 3.8) is 0 Å². The van der Waals surface area contributed by atoms with Gasteiger partial charge in [-0.3, -0.25) is 0 Å². The molecule has 1 aliphatic rings. The number of ether oxygens (including phenoxy) is 1. The van der Waals surface area contributed by atoms with E-state index in [0.717, 1.165) is 25.7 Å². The van der Waals surface area contributed by atoms with Gasteiger partial charge in [0.25, 0.3) is 0 Å². The zero-order valence-electron chi connectivity index (χ0n) is 10.2. The molecule has 1 aromatic rings. The number of aryl methyl sites for hydroxylation is 1. The SMILES string of the molecule is CCNC(CC1CCOC1)c1ccsc1C. The highest BCUT2D eigenvalue weighted by Gasteiger charge is 2.22. The summed E-state index contributed by atoms with van der Waals surface area (Å²) in [6, 6.07) is 2.78. The highest BCUT2D eigenvalue weighted by atomic mass is 32.1. The molecule has 2 nitrogen and oxygen atoms in total. The second-order valence-corrected chi connectivity index (χ2v) is 5.63. The van der Waals surface area contributed by atoms with Gasteiger partial charge in [-0.2, -0.15) is 0 Å². The maximum absolute atomic E-state index is 5.46. The van der Waals surface area contributed by atoms with E-state index in [1.165, 1.54) is 23.3 Å². The number of nitrogens with one attached hydrogen (secondary N) is 1. The van der Waals surface area contributed by atoms with Crippen LogP contribution in [0.25, 0.3) is 0 Å². The van der Waals surface area contributed by atoms with E-state index in [1.807, 2.05) is 11.3 Å². The van der Waals surface area contributed by atoms with E-state index in [9.17, 15) is 0 Å². The Morgan fingerprint density at radius 2 is 2.50 bits per heavy atom. The average Bonchev–Trinajstić information content (AvgIpc) is 2.88. The monoisotopic (exact) mass is 239 g/mol. The molecule has 0 spiro atoms. The fraction of sp³-hybridized carbons (Fsp3) is 0.692. The van der Waals surface area contributed by atoms with Crippen molar-refractivity contribution in [3.8, 4) is 0 Å². The van der Waals surface area contributed by atoms with E-state index in [2.05, 4.69) is 30.6 Å². The van der Waals surface area contributed by atoms with Gasteiger partial charge in [-0.15, -0.1) is 11.3 Å². The summed E-state index contributed by atoms with van der Waals surface area (Å²) >= 11 is 1.85. The molecule has 2 heterocycles. The van der Waals surface area contributed by atoms with Crippen molar-refractivity contribution in [1.82, 2.24) is 5.32 Å². The Hall–Kier alpha value is -0.380. The van der Waals surface area contributed by atoms with Crippen LogP contribution >= 0.6 is 11.3 Å². The molecule has 1 fully saturated rings. The van der Waals surface area contributed by atoms with E-state index in [4.69, 9.17) is 4.74 Å². The first-order valence-corrected chi connectivity index (χ1v) is 7.04. The summed E-state index contributed by atoms with van der Waals surface area (Å²) < 4.78 is 5.46. The first kappa shape index (κ1) is 12.1. The lowest BCUT2D eigenvalue weighted by molar-refractivity contribution is 0.181. The van der Waals surface area contributed by atoms with Crippen molar-refractivity contribution in [2.75, 3.05) is 19.8 Å². The summed E-state index contributed by atoms with van der Waals surface area (Å²) in [6.07, 6.45) is 2.44. The molecule has 2 atom stereocenters. The molecule has 2 rings (SSSR count). The zero-order valence-corrected chi connectivity index (χ0v) is 11.0. The quantitative estimate of drug-likeness (QED) is 0.852. The maximum atomic E-state index is 5.46. The molecule has 1 N–H and O–H groups in total. The minimum Gasteiger partial charge on any atom is -0.381 e. The number of hydrogen-bond donors (Lipinski definition) is 1. The third kappa shape index (κ3) is 2.84. The van der Waals surface area contributed by atoms with Gasteiger partial charge in [0.2, 0.25) is 0 Å². The van der Waals surface area contributed by atoms with Crippen LogP contribution in [-0.4, -0.2) is 19.8 Å². The normalized spacial score (nSPS) is 22.5. The number of hydrogen-bond acceptors (Lipinski definition) is 3. The molecule has 3 heteroatoms. The van der Waals surface area contributed by atoms with E-state index in [-0.39, 0.29) is 0 Å². The van der Waals surface area contributed by atoms with Crippen LogP contribution in [0.1, 0.15) is 36.2 Å². The van der Waals surface area contributed by atoms with Crippen LogP contribution in [0.4, 0.5) is 0 Å². The Kier molecular flexibility index (Phi) is 4.38. The van der Waals surface area contributed by atoms with Crippen LogP contribution in [0, 0.1) is 12.8 Å². The van der Waals surface area contributed by atoms with Gasteiger partial charge in [-0.05, 0) is 49.2 Å². The standard InChI is InChI=1S/C13H21NOS/c1-3-14-13(8-11-4-6-15-9-11)12-5-7-16-10(12)2/h5,7,11,13-14H,3-4,6,8-9H2,1-2H3. The van der Waals surface area contributed by atoms with Gasteiger partial charge >= 0.3 is 0 Å². The van der Waals surface area contributed by atoms with Crippen molar-refractivity contribution >= 4 is 11.3 Å². The van der Waals surface area contributed by atoms with E-state index in [1.54, 1.807) is 0 Å². The molecule has 2 unspecified atom stereocenters. The molecule has 1 aromatic heterocycles. The molecule has 1 saturated heterocycles. The third-order valence-corrected chi connectivity index (χ3v) is 4.18. The maximum Gasteiger partial charge on any atom is 0.0495 e. The summed E-state index contributed by atoms with van der Waals surface area (Å²) in [7, 11) is 0. The van der Waals surface area contributed by atoms with Gasteiger partial charge in [0, 0.05) is 24.1 Å². The first-order valence-electron chi connectivity index (χ1n) is 6.16. The minimum atomic E-state index is 0.517. The van der Waals surface area contributed by atoms with Gasteiger partial charge in [0.1, 0.15) is 0 Å². The topological polar surface area (TPSA) is 21.3 Å². The first-order chi connectivity index (χ1) is 7.81. The summed E-state index contributed by atoms with van der Waals surface area (Å²) in [4.78, 5) is 1.45. The Bertz CT molecular complexity index is 317. The molecule has 0 saturated carbocycles. The lowest BCUT2D eigenvalue weighted by atomic mass is 9.94. The molecule has 0 amide bonds. The van der Waals surface area contributed by atoms with Gasteiger partial charge in [-0.25, -0.2) is 0 Å². The molecule has 0 radical (unpaired) electrons. The van der Waals surface area contributed by atoms with Crippen LogP contribution in [-0.2, 0) is 4.74 Å². The van der Waals surface area contributed by atoms with Crippen molar-refractivity contribution in [3.05, 3.63) is 21.9 Å². The lowest BCUT2D eigenvalue weighted by Crippen LogP contribution is -2.23. The van der Waals surface area contributed by atoms with Gasteiger partial charge in [-0.1, -0.05) is 6.92 Å². The Morgan fingerprint density at radius 1 is 1.62 bits per heavy atom. The predicted molar refractivity (Wildman–Crippen MR) is 69.0 cm³/mol. The largest absolute Gasteiger partial charge is 0.381 e. The summed E-state index contributed by atoms with van der Waals surface area (Å²) in [5.41, 5.74) is 1.48. The van der Waals surface area contributed by atoms with Crippen molar-refractivity contribution in [2.24, 2.45) is 5.92 Å². The average molecular weight is 239 g/mol. The van der Waals surface area contributed by atoms with E-state index in [0.29, 0.717) is 6.04 Å². The van der Waals surface area contributed by atoms with Crippen molar-refractivity contribution in [1.29, 1.82) is 0 Å². The zero-order chi connectivity index (χ0) is 11.4.